The van der Waals surface area contributed by atoms with Crippen LogP contribution >= 0.6 is 0 Å². The van der Waals surface area contributed by atoms with Crippen molar-refractivity contribution in [1.29, 1.82) is 0 Å². The number of hydrogen-bond donors (Lipinski definition) is 1. The van der Waals surface area contributed by atoms with E-state index < -0.39 is 53.9 Å². The molecule has 4 heterocycles. The minimum absolute atomic E-state index is 0.0110. The number of morpholine rings is 1. The molecule has 1 amide bonds. The summed E-state index contributed by atoms with van der Waals surface area (Å²) in [7, 11) is 1.56. The van der Waals surface area contributed by atoms with Gasteiger partial charge in [-0.2, -0.15) is 13.2 Å². The molecular weight excluding hydrogens is 769 g/mol. The van der Waals surface area contributed by atoms with Gasteiger partial charge in [-0.15, -0.1) is 0 Å². The zero-order valence-corrected chi connectivity index (χ0v) is 34.0. The molecule has 316 valence electrons. The second-order valence-electron chi connectivity index (χ2n) is 15.3. The number of fused-ring (bicyclic) bond motifs is 2. The monoisotopic (exact) mass is 820 g/mol. The summed E-state index contributed by atoms with van der Waals surface area (Å²) in [4.78, 5) is 51.1. The molecule has 0 bridgehead atoms. The van der Waals surface area contributed by atoms with Crippen LogP contribution in [0.2, 0.25) is 0 Å². The number of anilines is 1. The molecule has 1 aliphatic rings. The first-order valence-corrected chi connectivity index (χ1v) is 20.4. The molecule has 11 nitrogen and oxygen atoms in total. The lowest BCUT2D eigenvalue weighted by molar-refractivity contribution is -0.167. The van der Waals surface area contributed by atoms with E-state index in [1.807, 2.05) is 13.0 Å². The number of benzene rings is 2. The molecule has 1 N–H and O–H groups in total. The van der Waals surface area contributed by atoms with Gasteiger partial charge in [0.1, 0.15) is 11.9 Å². The van der Waals surface area contributed by atoms with Crippen molar-refractivity contribution in [3.8, 4) is 5.69 Å². The van der Waals surface area contributed by atoms with E-state index in [9.17, 15) is 27.6 Å². The van der Waals surface area contributed by atoms with E-state index in [0.29, 0.717) is 28.4 Å². The lowest BCUT2D eigenvalue weighted by Crippen LogP contribution is -2.53. The number of alkyl halides is 3. The topological polar surface area (TPSA) is 121 Å². The van der Waals surface area contributed by atoms with Gasteiger partial charge in [0.15, 0.2) is 0 Å². The van der Waals surface area contributed by atoms with Gasteiger partial charge in [-0.3, -0.25) is 24.1 Å². The van der Waals surface area contributed by atoms with E-state index >= 15 is 4.39 Å². The van der Waals surface area contributed by atoms with Crippen molar-refractivity contribution in [2.75, 3.05) is 31.3 Å². The van der Waals surface area contributed by atoms with Gasteiger partial charge in [-0.25, -0.2) is 13.8 Å². The number of hydrogen-bond acceptors (Lipinski definition) is 8. The van der Waals surface area contributed by atoms with Crippen LogP contribution < -0.4 is 21.5 Å². The van der Waals surface area contributed by atoms with E-state index in [1.54, 1.807) is 37.5 Å². The number of pyridine rings is 2. The number of carbonyl (C=O) groups excluding carboxylic acids is 1. The maximum Gasteiger partial charge on any atom is 0.411 e. The molecule has 59 heavy (non-hydrogen) atoms. The molecule has 0 saturated carbocycles. The zero-order valence-electron chi connectivity index (χ0n) is 34.0. The molecule has 3 aromatic heterocycles. The third-order valence-corrected chi connectivity index (χ3v) is 11.2. The fourth-order valence-corrected chi connectivity index (χ4v) is 7.88. The number of amides is 1. The Morgan fingerprint density at radius 3 is 2.49 bits per heavy atom. The first-order valence-electron chi connectivity index (χ1n) is 20.4. The molecule has 2 aromatic carbocycles. The fourth-order valence-electron chi connectivity index (χ4n) is 7.88. The third-order valence-electron chi connectivity index (χ3n) is 11.2. The smallest absolute Gasteiger partial charge is 0.377 e. The highest BCUT2D eigenvalue weighted by atomic mass is 19.4. The molecule has 0 radical (unpaired) electrons. The van der Waals surface area contributed by atoms with Crippen LogP contribution in [0.1, 0.15) is 86.7 Å². The normalized spacial score (nSPS) is 15.8. The number of unbranched alkanes of at least 4 members (excludes halogenated alkanes) is 7. The summed E-state index contributed by atoms with van der Waals surface area (Å²) in [6, 6.07) is 8.23. The predicted molar refractivity (Wildman–Crippen MR) is 220 cm³/mol. The average molecular weight is 821 g/mol. The van der Waals surface area contributed by atoms with Gasteiger partial charge in [0, 0.05) is 43.7 Å². The van der Waals surface area contributed by atoms with Crippen LogP contribution in [0.5, 0.6) is 0 Å². The molecular formula is C44H52F4N6O5. The summed E-state index contributed by atoms with van der Waals surface area (Å²) < 4.78 is 71.4. The van der Waals surface area contributed by atoms with E-state index in [0.717, 1.165) is 46.8 Å². The summed E-state index contributed by atoms with van der Waals surface area (Å²) in [5.74, 6) is -1.69. The van der Waals surface area contributed by atoms with Crippen LogP contribution in [-0.4, -0.2) is 75.7 Å². The lowest BCUT2D eigenvalue weighted by Gasteiger charge is -2.38. The Balaban J connectivity index is 1.29. The molecule has 0 aliphatic carbocycles. The van der Waals surface area contributed by atoms with Gasteiger partial charge in [0.2, 0.25) is 0 Å². The SMILES string of the molecule is CCCCCCCCCCOC(C)[C@H](Cc1ccc(-n2c(=O)c3ccncc3n(C)c2=O)c2ncccc12)NC(=O)c1c(C)cc(N2CCOC[C@@H]2C(F)(F)F)cc1F. The van der Waals surface area contributed by atoms with E-state index in [4.69, 9.17) is 9.47 Å². The van der Waals surface area contributed by atoms with E-state index in [2.05, 4.69) is 22.2 Å². The largest absolute Gasteiger partial charge is 0.411 e. The Bertz CT molecular complexity index is 2360. The first-order chi connectivity index (χ1) is 28.3. The van der Waals surface area contributed by atoms with Crippen molar-refractivity contribution in [1.82, 2.24) is 24.4 Å². The van der Waals surface area contributed by atoms with Gasteiger partial charge in [0.25, 0.3) is 11.5 Å². The highest BCUT2D eigenvalue weighted by Crippen LogP contribution is 2.33. The van der Waals surface area contributed by atoms with Gasteiger partial charge < -0.3 is 19.7 Å². The quantitative estimate of drug-likeness (QED) is 0.0748. The van der Waals surface area contributed by atoms with Gasteiger partial charge >= 0.3 is 11.9 Å². The average Bonchev–Trinajstić information content (AvgIpc) is 3.22. The molecule has 1 aliphatic heterocycles. The first kappa shape index (κ1) is 43.4. The van der Waals surface area contributed by atoms with E-state index in [1.165, 1.54) is 55.6 Å². The number of nitrogens with zero attached hydrogens (tertiary/aromatic N) is 5. The molecule has 1 unspecified atom stereocenters. The maximum atomic E-state index is 15.9. The number of carbonyl (C=O) groups is 1. The minimum Gasteiger partial charge on any atom is -0.377 e. The standard InChI is InChI=1S/C44H52F4N6O5/c1-5-6-7-8-9-10-11-12-21-59-29(3)35(51-41(55)39-28(2)23-31(25-34(39)45)53-20-22-58-27-38(53)44(46,47)48)24-30-15-16-36(40-32(30)14-13-18-50-40)54-42(56)33-17-19-49-26-37(33)52(4)43(54)57/h13-19,23,25-26,29,35,38H,5-12,20-22,24,27H2,1-4H3,(H,51,55)/t29?,35-,38+/m0/s1. The summed E-state index contributed by atoms with van der Waals surface area (Å²) >= 11 is 0. The van der Waals surface area contributed by atoms with Crippen molar-refractivity contribution < 1.29 is 31.8 Å². The minimum atomic E-state index is -4.60. The second-order valence-corrected chi connectivity index (χ2v) is 15.3. The second kappa shape index (κ2) is 19.3. The highest BCUT2D eigenvalue weighted by molar-refractivity contribution is 5.97. The summed E-state index contributed by atoms with van der Waals surface area (Å²) in [5, 5.41) is 3.91. The van der Waals surface area contributed by atoms with Crippen molar-refractivity contribution >= 4 is 33.4 Å². The molecule has 3 atom stereocenters. The van der Waals surface area contributed by atoms with Crippen molar-refractivity contribution in [3.63, 3.8) is 0 Å². The fraction of sp³-hybridized carbons (Fsp3) is 0.477. The molecule has 1 fully saturated rings. The van der Waals surface area contributed by atoms with Crippen LogP contribution in [0.3, 0.4) is 0 Å². The maximum absolute atomic E-state index is 15.9. The Labute approximate surface area is 340 Å². The third kappa shape index (κ3) is 9.84. The van der Waals surface area contributed by atoms with Crippen LogP contribution in [0.15, 0.2) is 70.6 Å². The van der Waals surface area contributed by atoms with Gasteiger partial charge in [-0.05, 0) is 68.1 Å². The number of rotatable bonds is 17. The zero-order chi connectivity index (χ0) is 42.3. The number of aromatic nitrogens is 4. The summed E-state index contributed by atoms with van der Waals surface area (Å²) in [6.45, 7) is 5.34. The predicted octanol–water partition coefficient (Wildman–Crippen LogP) is 7.73. The van der Waals surface area contributed by atoms with Crippen LogP contribution in [0.25, 0.3) is 27.5 Å². The number of nitrogens with one attached hydrogen (secondary N) is 1. The van der Waals surface area contributed by atoms with Crippen LogP contribution in [0, 0.1) is 12.7 Å². The Morgan fingerprint density at radius 1 is 1.02 bits per heavy atom. The van der Waals surface area contributed by atoms with Gasteiger partial charge in [0.05, 0.1) is 59.2 Å². The van der Waals surface area contributed by atoms with Crippen LogP contribution in [-0.2, 0) is 22.9 Å². The summed E-state index contributed by atoms with van der Waals surface area (Å²) in [6.07, 6.45) is 8.48. The van der Waals surface area contributed by atoms with Gasteiger partial charge in [-0.1, -0.05) is 64.0 Å². The lowest BCUT2D eigenvalue weighted by atomic mass is 9.96. The van der Waals surface area contributed by atoms with Crippen molar-refractivity contribution in [2.45, 2.75) is 103 Å². The Hall–Kier alpha value is -5.15. The Morgan fingerprint density at radius 2 is 1.76 bits per heavy atom. The number of aryl methyl sites for hydroxylation is 2. The highest BCUT2D eigenvalue weighted by Gasteiger charge is 2.45. The number of halogens is 4. The number of ether oxygens (including phenoxy) is 2. The molecule has 5 aromatic rings. The van der Waals surface area contributed by atoms with Crippen molar-refractivity contribution in [3.05, 3.63) is 104 Å². The molecule has 6 rings (SSSR count). The molecule has 15 heteroatoms. The molecule has 1 saturated heterocycles. The molecule has 0 spiro atoms. The van der Waals surface area contributed by atoms with Crippen LogP contribution in [0.4, 0.5) is 23.2 Å². The van der Waals surface area contributed by atoms with Crippen molar-refractivity contribution in [2.24, 2.45) is 7.05 Å². The summed E-state index contributed by atoms with van der Waals surface area (Å²) in [5.41, 5.74) is 0.572. The Kier molecular flexibility index (Phi) is 14.2. The van der Waals surface area contributed by atoms with E-state index in [-0.39, 0.29) is 42.1 Å².